The van der Waals surface area contributed by atoms with Crippen molar-refractivity contribution in [1.29, 1.82) is 0 Å². The lowest BCUT2D eigenvalue weighted by atomic mass is 10.2. The minimum atomic E-state index is -1.20. The molecule has 1 heterocycles. The summed E-state index contributed by atoms with van der Waals surface area (Å²) < 4.78 is 1.56. The lowest BCUT2D eigenvalue weighted by Crippen LogP contribution is -2.11. The van der Waals surface area contributed by atoms with Gasteiger partial charge in [0, 0.05) is 16.8 Å². The number of amides is 1. The van der Waals surface area contributed by atoms with E-state index in [1.54, 1.807) is 18.2 Å². The van der Waals surface area contributed by atoms with Gasteiger partial charge in [0.15, 0.2) is 5.82 Å². The standard InChI is InChI=1S/C10H8BrN3O3/c1-5(15)12-9-7-3-2-6(11)4-8(7)14(13-9)10(16)17/h2-4H,1H3,(H,16,17)(H,12,13,15). The highest BCUT2D eigenvalue weighted by Gasteiger charge is 2.15. The third-order valence-electron chi connectivity index (χ3n) is 2.12. The molecular weight excluding hydrogens is 290 g/mol. The van der Waals surface area contributed by atoms with Crippen molar-refractivity contribution in [1.82, 2.24) is 9.78 Å². The number of rotatable bonds is 1. The van der Waals surface area contributed by atoms with Crippen LogP contribution in [0.15, 0.2) is 22.7 Å². The van der Waals surface area contributed by atoms with Gasteiger partial charge in [-0.25, -0.2) is 4.79 Å². The van der Waals surface area contributed by atoms with E-state index in [-0.39, 0.29) is 11.7 Å². The second-order valence-corrected chi connectivity index (χ2v) is 4.30. The molecule has 1 amide bonds. The first-order valence-electron chi connectivity index (χ1n) is 4.68. The molecule has 0 fully saturated rings. The van der Waals surface area contributed by atoms with E-state index in [4.69, 9.17) is 5.11 Å². The zero-order valence-corrected chi connectivity index (χ0v) is 10.4. The van der Waals surface area contributed by atoms with Gasteiger partial charge in [-0.15, -0.1) is 5.10 Å². The van der Waals surface area contributed by atoms with Gasteiger partial charge in [0.1, 0.15) is 0 Å². The molecule has 1 aromatic heterocycles. The molecule has 17 heavy (non-hydrogen) atoms. The zero-order chi connectivity index (χ0) is 12.6. The molecule has 0 atom stereocenters. The van der Waals surface area contributed by atoms with Gasteiger partial charge in [-0.2, -0.15) is 4.68 Å². The van der Waals surface area contributed by atoms with Crippen LogP contribution in [0.3, 0.4) is 0 Å². The SMILES string of the molecule is CC(=O)Nc1nn(C(=O)O)c2cc(Br)ccc12. The van der Waals surface area contributed by atoms with E-state index >= 15 is 0 Å². The van der Waals surface area contributed by atoms with E-state index in [1.807, 2.05) is 0 Å². The Hall–Kier alpha value is -1.89. The van der Waals surface area contributed by atoms with Gasteiger partial charge in [0.2, 0.25) is 5.91 Å². The summed E-state index contributed by atoms with van der Waals surface area (Å²) in [7, 11) is 0. The number of halogens is 1. The molecule has 1 aromatic carbocycles. The number of aromatic nitrogens is 2. The summed E-state index contributed by atoms with van der Waals surface area (Å²) in [5.74, 6) is -0.0627. The average molecular weight is 298 g/mol. The van der Waals surface area contributed by atoms with Crippen LogP contribution in [0.1, 0.15) is 6.92 Å². The van der Waals surface area contributed by atoms with Crippen molar-refractivity contribution < 1.29 is 14.7 Å². The fourth-order valence-electron chi connectivity index (χ4n) is 1.49. The molecule has 0 saturated carbocycles. The van der Waals surface area contributed by atoms with Crippen molar-refractivity contribution in [2.45, 2.75) is 6.92 Å². The predicted molar refractivity (Wildman–Crippen MR) is 65.2 cm³/mol. The normalized spacial score (nSPS) is 10.5. The highest BCUT2D eigenvalue weighted by atomic mass is 79.9. The van der Waals surface area contributed by atoms with Crippen molar-refractivity contribution in [3.8, 4) is 0 Å². The maximum atomic E-state index is 11.0. The number of anilines is 1. The van der Waals surface area contributed by atoms with Crippen LogP contribution in [0.5, 0.6) is 0 Å². The fraction of sp³-hybridized carbons (Fsp3) is 0.100. The molecule has 0 aliphatic rings. The van der Waals surface area contributed by atoms with E-state index in [9.17, 15) is 9.59 Å². The summed E-state index contributed by atoms with van der Waals surface area (Å²) in [6.07, 6.45) is -1.20. The fourth-order valence-corrected chi connectivity index (χ4v) is 1.84. The molecule has 2 rings (SSSR count). The molecule has 0 unspecified atom stereocenters. The van der Waals surface area contributed by atoms with Gasteiger partial charge in [-0.3, -0.25) is 4.79 Å². The van der Waals surface area contributed by atoms with Gasteiger partial charge in [0.25, 0.3) is 0 Å². The number of benzene rings is 1. The van der Waals surface area contributed by atoms with Gasteiger partial charge in [-0.1, -0.05) is 15.9 Å². The number of fused-ring (bicyclic) bond motifs is 1. The maximum Gasteiger partial charge on any atom is 0.432 e. The number of nitrogens with zero attached hydrogens (tertiary/aromatic N) is 2. The Bertz CT molecular complexity index is 621. The Balaban J connectivity index is 2.70. The van der Waals surface area contributed by atoms with Crippen LogP contribution in [-0.4, -0.2) is 26.9 Å². The summed E-state index contributed by atoms with van der Waals surface area (Å²) in [6.45, 7) is 1.34. The summed E-state index contributed by atoms with van der Waals surface area (Å²) in [5, 5.41) is 15.9. The molecule has 2 aromatic rings. The third kappa shape index (κ3) is 2.14. The van der Waals surface area contributed by atoms with Crippen LogP contribution in [0, 0.1) is 0 Å². The minimum Gasteiger partial charge on any atom is -0.463 e. The van der Waals surface area contributed by atoms with E-state index in [0.717, 1.165) is 9.15 Å². The minimum absolute atomic E-state index is 0.238. The van der Waals surface area contributed by atoms with Gasteiger partial charge < -0.3 is 10.4 Å². The van der Waals surface area contributed by atoms with Crippen LogP contribution in [0.25, 0.3) is 10.9 Å². The average Bonchev–Trinajstić information content (AvgIpc) is 2.55. The molecule has 2 N–H and O–H groups in total. The Kier molecular flexibility index (Phi) is 2.84. The lowest BCUT2D eigenvalue weighted by Gasteiger charge is -1.96. The number of nitrogens with one attached hydrogen (secondary N) is 1. The Morgan fingerprint density at radius 1 is 1.47 bits per heavy atom. The van der Waals surface area contributed by atoms with E-state index in [0.29, 0.717) is 10.9 Å². The molecule has 6 nitrogen and oxygen atoms in total. The first-order chi connectivity index (χ1) is 7.99. The van der Waals surface area contributed by atoms with Crippen LogP contribution < -0.4 is 5.32 Å². The first kappa shape index (κ1) is 11.6. The first-order valence-corrected chi connectivity index (χ1v) is 5.47. The van der Waals surface area contributed by atoms with Crippen molar-refractivity contribution in [3.05, 3.63) is 22.7 Å². The maximum absolute atomic E-state index is 11.0. The molecule has 0 radical (unpaired) electrons. The van der Waals surface area contributed by atoms with Gasteiger partial charge >= 0.3 is 6.09 Å². The number of carbonyl (C=O) groups is 2. The van der Waals surface area contributed by atoms with Crippen LogP contribution in [0.2, 0.25) is 0 Å². The van der Waals surface area contributed by atoms with Gasteiger partial charge in [-0.05, 0) is 18.2 Å². The summed E-state index contributed by atoms with van der Waals surface area (Å²) in [6, 6.07) is 5.07. The van der Waals surface area contributed by atoms with Crippen LogP contribution >= 0.6 is 15.9 Å². The monoisotopic (exact) mass is 297 g/mol. The van der Waals surface area contributed by atoms with Crippen molar-refractivity contribution in [3.63, 3.8) is 0 Å². The molecule has 0 aliphatic heterocycles. The Morgan fingerprint density at radius 3 is 2.76 bits per heavy atom. The van der Waals surface area contributed by atoms with Crippen LogP contribution in [0.4, 0.5) is 10.6 Å². The molecular formula is C10H8BrN3O3. The van der Waals surface area contributed by atoms with Crippen molar-refractivity contribution >= 4 is 44.7 Å². The number of hydrogen-bond donors (Lipinski definition) is 2. The van der Waals surface area contributed by atoms with Crippen LogP contribution in [-0.2, 0) is 4.79 Å². The number of carbonyl (C=O) groups excluding carboxylic acids is 1. The molecule has 88 valence electrons. The van der Waals surface area contributed by atoms with Crippen molar-refractivity contribution in [2.75, 3.05) is 5.32 Å². The quantitative estimate of drug-likeness (QED) is 0.846. The topological polar surface area (TPSA) is 84.2 Å². The molecule has 0 saturated heterocycles. The van der Waals surface area contributed by atoms with Crippen molar-refractivity contribution in [2.24, 2.45) is 0 Å². The second kappa shape index (κ2) is 4.17. The molecule has 0 aliphatic carbocycles. The number of hydrogen-bond acceptors (Lipinski definition) is 3. The highest BCUT2D eigenvalue weighted by molar-refractivity contribution is 9.10. The smallest absolute Gasteiger partial charge is 0.432 e. The Morgan fingerprint density at radius 2 is 2.18 bits per heavy atom. The molecule has 7 heteroatoms. The zero-order valence-electron chi connectivity index (χ0n) is 8.77. The van der Waals surface area contributed by atoms with Gasteiger partial charge in [0.05, 0.1) is 5.52 Å². The Labute approximate surface area is 104 Å². The third-order valence-corrected chi connectivity index (χ3v) is 2.61. The lowest BCUT2D eigenvalue weighted by molar-refractivity contribution is -0.114. The van der Waals surface area contributed by atoms with E-state index in [2.05, 4.69) is 26.3 Å². The summed E-state index contributed by atoms with van der Waals surface area (Å²) >= 11 is 3.25. The van der Waals surface area contributed by atoms with E-state index < -0.39 is 6.09 Å². The summed E-state index contributed by atoms with van der Waals surface area (Å²) in [5.41, 5.74) is 0.413. The highest BCUT2D eigenvalue weighted by Crippen LogP contribution is 2.26. The second-order valence-electron chi connectivity index (χ2n) is 3.39. The predicted octanol–water partition coefficient (Wildman–Crippen LogP) is 2.28. The summed E-state index contributed by atoms with van der Waals surface area (Å²) in [4.78, 5) is 22.0. The number of carboxylic acid groups (broad SMARTS) is 1. The largest absolute Gasteiger partial charge is 0.463 e. The molecule has 0 spiro atoms. The molecule has 0 bridgehead atoms. The van der Waals surface area contributed by atoms with E-state index in [1.165, 1.54) is 6.92 Å².